The van der Waals surface area contributed by atoms with E-state index in [1.54, 1.807) is 0 Å². The molecule has 1 atom stereocenters. The molecule has 0 aliphatic carbocycles. The van der Waals surface area contributed by atoms with Gasteiger partial charge in [-0.15, -0.1) is 0 Å². The molecule has 5 heteroatoms. The van der Waals surface area contributed by atoms with Crippen LogP contribution in [-0.4, -0.2) is 4.98 Å². The van der Waals surface area contributed by atoms with Crippen molar-refractivity contribution in [2.75, 3.05) is 0 Å². The fraction of sp³-hybridized carbons (Fsp3) is 0.500. The van der Waals surface area contributed by atoms with Gasteiger partial charge >= 0.3 is 0 Å². The molecule has 0 fully saturated rings. The first kappa shape index (κ1) is 10.2. The fourth-order valence-corrected chi connectivity index (χ4v) is 1.16. The summed E-state index contributed by atoms with van der Waals surface area (Å²) < 4.78 is 5.53. The van der Waals surface area contributed by atoms with Gasteiger partial charge in [-0.1, -0.05) is 13.8 Å². The topological polar surface area (TPSA) is 75.8 Å². The van der Waals surface area contributed by atoms with Crippen LogP contribution in [0.1, 0.15) is 31.5 Å². The first-order valence-corrected chi connectivity index (χ1v) is 4.67. The van der Waals surface area contributed by atoms with Crippen LogP contribution in [0.4, 0.5) is 0 Å². The molecule has 0 bridgehead atoms. The summed E-state index contributed by atoms with van der Waals surface area (Å²) in [4.78, 5) is 3.95. The Morgan fingerprint density at radius 3 is 2.62 bits per heavy atom. The monoisotopic (exact) mass is 243 g/mol. The van der Waals surface area contributed by atoms with Gasteiger partial charge in [-0.25, -0.2) is 4.98 Å². The average molecular weight is 244 g/mol. The minimum atomic E-state index is -0.265. The van der Waals surface area contributed by atoms with Crippen molar-refractivity contribution >= 4 is 15.9 Å². The smallest absolute Gasteiger partial charge is 0.214 e. The highest BCUT2D eigenvalue weighted by molar-refractivity contribution is 9.10. The minimum absolute atomic E-state index is 0.233. The summed E-state index contributed by atoms with van der Waals surface area (Å²) in [7, 11) is 0. The average Bonchev–Trinajstić information content (AvgIpc) is 2.45. The Morgan fingerprint density at radius 1 is 1.62 bits per heavy atom. The van der Waals surface area contributed by atoms with E-state index in [1.165, 1.54) is 0 Å². The first-order valence-electron chi connectivity index (χ1n) is 3.88. The number of rotatable bonds is 2. The number of halogens is 1. The zero-order valence-corrected chi connectivity index (χ0v) is 9.00. The van der Waals surface area contributed by atoms with Gasteiger partial charge in [0, 0.05) is 0 Å². The van der Waals surface area contributed by atoms with Gasteiger partial charge in [0.25, 0.3) is 0 Å². The maximum absolute atomic E-state index is 8.61. The van der Waals surface area contributed by atoms with E-state index in [-0.39, 0.29) is 17.7 Å². The molecule has 2 N–H and O–H groups in total. The molecule has 70 valence electrons. The van der Waals surface area contributed by atoms with E-state index in [0.29, 0.717) is 10.6 Å². The normalized spacial score (nSPS) is 12.9. The number of nitrogens with two attached hydrogens (primary N) is 1. The van der Waals surface area contributed by atoms with Gasteiger partial charge in [-0.2, -0.15) is 5.26 Å². The van der Waals surface area contributed by atoms with E-state index in [4.69, 9.17) is 15.4 Å². The standard InChI is InChI=1S/C8H10BrN3O/c1-4(2)6(11)8-12-5(3-10)7(9)13-8/h4,6H,11H2,1-2H3/t6-/m0/s1. The van der Waals surface area contributed by atoms with Gasteiger partial charge in [-0.3, -0.25) is 0 Å². The second kappa shape index (κ2) is 3.90. The molecule has 1 rings (SSSR count). The Hall–Kier alpha value is -0.860. The molecule has 0 amide bonds. The lowest BCUT2D eigenvalue weighted by atomic mass is 10.1. The van der Waals surface area contributed by atoms with E-state index in [0.717, 1.165) is 0 Å². The molecular weight excluding hydrogens is 234 g/mol. The van der Waals surface area contributed by atoms with E-state index >= 15 is 0 Å². The Bertz CT molecular complexity index is 340. The van der Waals surface area contributed by atoms with Crippen LogP contribution in [0.5, 0.6) is 0 Å². The van der Waals surface area contributed by atoms with Gasteiger partial charge in [0.1, 0.15) is 6.07 Å². The quantitative estimate of drug-likeness (QED) is 0.862. The molecular formula is C8H10BrN3O. The maximum Gasteiger partial charge on any atom is 0.214 e. The summed E-state index contributed by atoms with van der Waals surface area (Å²) >= 11 is 3.09. The van der Waals surface area contributed by atoms with Crippen LogP contribution in [0.2, 0.25) is 0 Å². The highest BCUT2D eigenvalue weighted by Gasteiger charge is 2.19. The van der Waals surface area contributed by atoms with Gasteiger partial charge in [0.05, 0.1) is 6.04 Å². The number of hydrogen-bond donors (Lipinski definition) is 1. The second-order valence-corrected chi connectivity index (χ2v) is 3.78. The molecule has 0 aliphatic rings. The van der Waals surface area contributed by atoms with Crippen LogP contribution in [0, 0.1) is 17.2 Å². The molecule has 13 heavy (non-hydrogen) atoms. The summed E-state index contributed by atoms with van der Waals surface area (Å²) in [6.07, 6.45) is 0. The third-order valence-electron chi connectivity index (χ3n) is 1.71. The van der Waals surface area contributed by atoms with Crippen molar-refractivity contribution in [3.05, 3.63) is 16.3 Å². The summed E-state index contributed by atoms with van der Waals surface area (Å²) in [5, 5.41) is 8.61. The van der Waals surface area contributed by atoms with Gasteiger partial charge < -0.3 is 10.2 Å². The summed E-state index contributed by atoms with van der Waals surface area (Å²) in [5.74, 6) is 0.635. The molecule has 0 saturated carbocycles. The third-order valence-corrected chi connectivity index (χ3v) is 2.25. The van der Waals surface area contributed by atoms with Crippen LogP contribution < -0.4 is 5.73 Å². The van der Waals surface area contributed by atoms with Crippen molar-refractivity contribution in [3.8, 4) is 6.07 Å². The SMILES string of the molecule is CC(C)[C@H](N)c1nc(C#N)c(Br)o1. The van der Waals surface area contributed by atoms with E-state index < -0.39 is 0 Å². The zero-order chi connectivity index (χ0) is 10.0. The van der Waals surface area contributed by atoms with Crippen LogP contribution in [0.15, 0.2) is 9.09 Å². The van der Waals surface area contributed by atoms with Crippen LogP contribution >= 0.6 is 15.9 Å². The highest BCUT2D eigenvalue weighted by atomic mass is 79.9. The predicted molar refractivity (Wildman–Crippen MR) is 50.7 cm³/mol. The lowest BCUT2D eigenvalue weighted by molar-refractivity contribution is 0.379. The van der Waals surface area contributed by atoms with Crippen LogP contribution in [0.25, 0.3) is 0 Å². The van der Waals surface area contributed by atoms with Crippen LogP contribution in [-0.2, 0) is 0 Å². The first-order chi connectivity index (χ1) is 6.06. The Labute approximate surface area is 84.9 Å². The van der Waals surface area contributed by atoms with Crippen LogP contribution in [0.3, 0.4) is 0 Å². The number of hydrogen-bond acceptors (Lipinski definition) is 4. The molecule has 1 aromatic heterocycles. The van der Waals surface area contributed by atoms with Gasteiger partial charge in [0.2, 0.25) is 10.6 Å². The highest BCUT2D eigenvalue weighted by Crippen LogP contribution is 2.24. The Kier molecular flexibility index (Phi) is 3.07. The molecule has 0 unspecified atom stereocenters. The fourth-order valence-electron chi connectivity index (χ4n) is 0.814. The Balaban J connectivity index is 2.98. The van der Waals surface area contributed by atoms with Crippen molar-refractivity contribution in [1.82, 2.24) is 4.98 Å². The second-order valence-electron chi connectivity index (χ2n) is 3.06. The number of nitriles is 1. The zero-order valence-electron chi connectivity index (χ0n) is 7.41. The number of nitrogens with zero attached hydrogens (tertiary/aromatic N) is 2. The van der Waals surface area contributed by atoms with E-state index in [2.05, 4.69) is 20.9 Å². The van der Waals surface area contributed by atoms with Crippen molar-refractivity contribution in [2.45, 2.75) is 19.9 Å². The van der Waals surface area contributed by atoms with Crippen molar-refractivity contribution in [1.29, 1.82) is 5.26 Å². The van der Waals surface area contributed by atoms with Crippen molar-refractivity contribution < 1.29 is 4.42 Å². The van der Waals surface area contributed by atoms with Crippen molar-refractivity contribution in [2.24, 2.45) is 11.7 Å². The van der Waals surface area contributed by atoms with Gasteiger partial charge in [0.15, 0.2) is 5.69 Å². The lowest BCUT2D eigenvalue weighted by Gasteiger charge is -2.09. The maximum atomic E-state index is 8.61. The largest absolute Gasteiger partial charge is 0.431 e. The molecule has 0 radical (unpaired) electrons. The molecule has 0 aliphatic heterocycles. The molecule has 1 aromatic rings. The van der Waals surface area contributed by atoms with Crippen molar-refractivity contribution in [3.63, 3.8) is 0 Å². The van der Waals surface area contributed by atoms with Gasteiger partial charge in [-0.05, 0) is 21.8 Å². The molecule has 4 nitrogen and oxygen atoms in total. The minimum Gasteiger partial charge on any atom is -0.431 e. The number of aromatic nitrogens is 1. The third kappa shape index (κ3) is 2.08. The summed E-state index contributed by atoms with van der Waals surface area (Å²) in [6, 6.07) is 1.64. The molecule has 1 heterocycles. The summed E-state index contributed by atoms with van der Waals surface area (Å²) in [6.45, 7) is 3.93. The lowest BCUT2D eigenvalue weighted by Crippen LogP contribution is -2.16. The van der Waals surface area contributed by atoms with E-state index in [1.807, 2.05) is 19.9 Å². The predicted octanol–water partition coefficient (Wildman–Crippen LogP) is 1.96. The molecule has 0 aromatic carbocycles. The van der Waals surface area contributed by atoms with E-state index in [9.17, 15) is 0 Å². The Morgan fingerprint density at radius 2 is 2.23 bits per heavy atom. The number of oxazole rings is 1. The molecule has 0 saturated heterocycles. The molecule has 0 spiro atoms. The summed E-state index contributed by atoms with van der Waals surface area (Å²) in [5.41, 5.74) is 6.03.